The molecule has 0 saturated heterocycles. The van der Waals surface area contributed by atoms with Gasteiger partial charge in [0.25, 0.3) is 0 Å². The number of sulfonamides is 1. The van der Waals surface area contributed by atoms with Crippen molar-refractivity contribution in [1.82, 2.24) is 4.72 Å². The van der Waals surface area contributed by atoms with Gasteiger partial charge in [-0.25, -0.2) is 13.1 Å². The van der Waals surface area contributed by atoms with E-state index in [0.29, 0.717) is 16.3 Å². The van der Waals surface area contributed by atoms with Crippen LogP contribution in [0.3, 0.4) is 0 Å². The molecule has 2 aromatic carbocycles. The van der Waals surface area contributed by atoms with Gasteiger partial charge in [-0.05, 0) is 49.2 Å². The number of halogens is 1. The summed E-state index contributed by atoms with van der Waals surface area (Å²) in [5.74, 6) is -0.185. The maximum absolute atomic E-state index is 12.6. The van der Waals surface area contributed by atoms with Crippen molar-refractivity contribution in [2.45, 2.75) is 31.7 Å². The molecule has 7 heteroatoms. The van der Waals surface area contributed by atoms with Gasteiger partial charge < -0.3 is 5.32 Å². The van der Waals surface area contributed by atoms with Crippen molar-refractivity contribution >= 4 is 33.2 Å². The lowest BCUT2D eigenvalue weighted by Crippen LogP contribution is -2.27. The molecule has 0 heterocycles. The van der Waals surface area contributed by atoms with E-state index in [1.807, 2.05) is 0 Å². The van der Waals surface area contributed by atoms with Crippen LogP contribution >= 0.6 is 11.6 Å². The quantitative estimate of drug-likeness (QED) is 0.848. The van der Waals surface area contributed by atoms with Gasteiger partial charge in [0.2, 0.25) is 15.9 Å². The molecule has 24 heavy (non-hydrogen) atoms. The molecule has 0 aliphatic rings. The summed E-state index contributed by atoms with van der Waals surface area (Å²) >= 11 is 6.01. The average Bonchev–Trinajstić information content (AvgIpc) is 2.49. The number of hydrogen-bond acceptors (Lipinski definition) is 3. The molecule has 2 N–H and O–H groups in total. The first kappa shape index (κ1) is 18.4. The van der Waals surface area contributed by atoms with Gasteiger partial charge in [-0.2, -0.15) is 0 Å². The number of amides is 1. The Balaban J connectivity index is 2.26. The lowest BCUT2D eigenvalue weighted by molar-refractivity contribution is -0.114. The molecular formula is C17H19ClN2O3S. The molecule has 0 bridgehead atoms. The molecule has 1 amide bonds. The van der Waals surface area contributed by atoms with Crippen LogP contribution in [-0.4, -0.2) is 14.3 Å². The van der Waals surface area contributed by atoms with Crippen molar-refractivity contribution in [3.63, 3.8) is 0 Å². The largest absolute Gasteiger partial charge is 0.326 e. The number of carbonyl (C=O) groups is 1. The molecule has 1 atom stereocenters. The lowest BCUT2D eigenvalue weighted by Gasteiger charge is -2.17. The SMILES string of the molecule is CC(=O)Nc1cccc([C@@H](C)NS(=O)(=O)c2cccc(Cl)c2C)c1. The Kier molecular flexibility index (Phi) is 5.64. The van der Waals surface area contributed by atoms with Crippen LogP contribution in [0.2, 0.25) is 5.02 Å². The predicted octanol–water partition coefficient (Wildman–Crippen LogP) is 3.65. The van der Waals surface area contributed by atoms with Crippen LogP contribution in [0.25, 0.3) is 0 Å². The van der Waals surface area contributed by atoms with Crippen molar-refractivity contribution < 1.29 is 13.2 Å². The molecule has 0 aliphatic carbocycles. The Morgan fingerprint density at radius 1 is 1.17 bits per heavy atom. The van der Waals surface area contributed by atoms with Gasteiger partial charge in [0.05, 0.1) is 4.90 Å². The zero-order valence-corrected chi connectivity index (χ0v) is 15.2. The van der Waals surface area contributed by atoms with E-state index in [1.54, 1.807) is 50.2 Å². The minimum Gasteiger partial charge on any atom is -0.326 e. The Labute approximate surface area is 147 Å². The van der Waals surface area contributed by atoms with E-state index in [0.717, 1.165) is 5.56 Å². The topological polar surface area (TPSA) is 75.3 Å². The highest BCUT2D eigenvalue weighted by Crippen LogP contribution is 2.25. The van der Waals surface area contributed by atoms with Crippen LogP contribution in [0.5, 0.6) is 0 Å². The van der Waals surface area contributed by atoms with E-state index in [1.165, 1.54) is 13.0 Å². The Morgan fingerprint density at radius 2 is 1.83 bits per heavy atom. The number of hydrogen-bond donors (Lipinski definition) is 2. The minimum atomic E-state index is -3.72. The highest BCUT2D eigenvalue weighted by Gasteiger charge is 2.21. The molecule has 2 rings (SSSR count). The fourth-order valence-corrected chi connectivity index (χ4v) is 4.06. The maximum atomic E-state index is 12.6. The van der Waals surface area contributed by atoms with Gasteiger partial charge in [-0.3, -0.25) is 4.79 Å². The van der Waals surface area contributed by atoms with Gasteiger partial charge in [0, 0.05) is 23.7 Å². The number of benzene rings is 2. The molecule has 5 nitrogen and oxygen atoms in total. The van der Waals surface area contributed by atoms with Crippen molar-refractivity contribution in [2.75, 3.05) is 5.32 Å². The van der Waals surface area contributed by atoms with Crippen LogP contribution in [0.15, 0.2) is 47.4 Å². The summed E-state index contributed by atoms with van der Waals surface area (Å²) in [4.78, 5) is 11.3. The third-order valence-corrected chi connectivity index (χ3v) is 5.64. The summed E-state index contributed by atoms with van der Waals surface area (Å²) < 4.78 is 27.9. The van der Waals surface area contributed by atoms with Gasteiger partial charge in [-0.15, -0.1) is 0 Å². The Morgan fingerprint density at radius 3 is 2.50 bits per heavy atom. The van der Waals surface area contributed by atoms with E-state index >= 15 is 0 Å². The normalized spacial score (nSPS) is 12.7. The molecule has 0 spiro atoms. The van der Waals surface area contributed by atoms with Gasteiger partial charge in [0.1, 0.15) is 0 Å². The summed E-state index contributed by atoms with van der Waals surface area (Å²) in [6, 6.07) is 11.3. The van der Waals surface area contributed by atoms with Crippen LogP contribution in [0.4, 0.5) is 5.69 Å². The third kappa shape index (κ3) is 4.35. The zero-order valence-electron chi connectivity index (χ0n) is 13.6. The van der Waals surface area contributed by atoms with E-state index < -0.39 is 16.1 Å². The fourth-order valence-electron chi connectivity index (χ4n) is 2.33. The second kappa shape index (κ2) is 7.34. The van der Waals surface area contributed by atoms with E-state index in [9.17, 15) is 13.2 Å². The van der Waals surface area contributed by atoms with Crippen LogP contribution in [0.1, 0.15) is 31.0 Å². The zero-order chi connectivity index (χ0) is 17.9. The molecule has 0 radical (unpaired) electrons. The number of nitrogens with one attached hydrogen (secondary N) is 2. The molecule has 0 aliphatic heterocycles. The number of rotatable bonds is 5. The molecule has 0 saturated carbocycles. The Hall–Kier alpha value is -1.89. The van der Waals surface area contributed by atoms with Gasteiger partial charge >= 0.3 is 0 Å². The maximum Gasteiger partial charge on any atom is 0.241 e. The van der Waals surface area contributed by atoms with Crippen LogP contribution in [-0.2, 0) is 14.8 Å². The second-order valence-electron chi connectivity index (χ2n) is 5.51. The summed E-state index contributed by atoms with van der Waals surface area (Å²) in [5.41, 5.74) is 1.86. The first-order valence-electron chi connectivity index (χ1n) is 7.35. The lowest BCUT2D eigenvalue weighted by atomic mass is 10.1. The van der Waals surface area contributed by atoms with Gasteiger partial charge in [-0.1, -0.05) is 29.8 Å². The predicted molar refractivity (Wildman–Crippen MR) is 95.7 cm³/mol. The summed E-state index contributed by atoms with van der Waals surface area (Å²) in [7, 11) is -3.72. The van der Waals surface area contributed by atoms with Crippen molar-refractivity contribution in [3.05, 3.63) is 58.6 Å². The summed E-state index contributed by atoms with van der Waals surface area (Å²) in [6.07, 6.45) is 0. The highest BCUT2D eigenvalue weighted by atomic mass is 35.5. The van der Waals surface area contributed by atoms with Crippen LogP contribution < -0.4 is 10.0 Å². The second-order valence-corrected chi connectivity index (χ2v) is 7.60. The fraction of sp³-hybridized carbons (Fsp3) is 0.235. The molecule has 2 aromatic rings. The molecule has 0 unspecified atom stereocenters. The van der Waals surface area contributed by atoms with E-state index in [4.69, 9.17) is 11.6 Å². The summed E-state index contributed by atoms with van der Waals surface area (Å²) in [5, 5.41) is 3.08. The standard InChI is InChI=1S/C17H19ClN2O3S/c1-11-16(18)8-5-9-17(11)24(22,23)20-12(2)14-6-4-7-15(10-14)19-13(3)21/h4-10,12,20H,1-3H3,(H,19,21)/t12-/m1/s1. The van der Waals surface area contributed by atoms with Crippen molar-refractivity contribution in [2.24, 2.45) is 0 Å². The summed E-state index contributed by atoms with van der Waals surface area (Å²) in [6.45, 7) is 4.82. The third-order valence-electron chi connectivity index (χ3n) is 3.55. The van der Waals surface area contributed by atoms with Crippen molar-refractivity contribution in [1.29, 1.82) is 0 Å². The van der Waals surface area contributed by atoms with E-state index in [2.05, 4.69) is 10.0 Å². The molecule has 0 fully saturated rings. The first-order valence-corrected chi connectivity index (χ1v) is 9.22. The Bertz CT molecular complexity index is 866. The monoisotopic (exact) mass is 366 g/mol. The smallest absolute Gasteiger partial charge is 0.241 e. The molecular weight excluding hydrogens is 348 g/mol. The van der Waals surface area contributed by atoms with Gasteiger partial charge in [0.15, 0.2) is 0 Å². The average molecular weight is 367 g/mol. The molecule has 0 aromatic heterocycles. The number of anilines is 1. The van der Waals surface area contributed by atoms with E-state index in [-0.39, 0.29) is 10.8 Å². The first-order chi connectivity index (χ1) is 11.2. The molecule has 128 valence electrons. The van der Waals surface area contributed by atoms with Crippen LogP contribution in [0, 0.1) is 6.92 Å². The van der Waals surface area contributed by atoms with Crippen molar-refractivity contribution in [3.8, 4) is 0 Å². The minimum absolute atomic E-state index is 0.153. The number of carbonyl (C=O) groups excluding carboxylic acids is 1. The highest BCUT2D eigenvalue weighted by molar-refractivity contribution is 7.89.